The fourth-order valence-corrected chi connectivity index (χ4v) is 3.17. The first kappa shape index (κ1) is 16.1. The van der Waals surface area contributed by atoms with E-state index in [1.54, 1.807) is 36.4 Å². The van der Waals surface area contributed by atoms with Crippen LogP contribution in [0.5, 0.6) is 23.0 Å². The highest BCUT2D eigenvalue weighted by atomic mass is 16.6. The maximum atomic E-state index is 12.0. The molecule has 8 nitrogen and oxygen atoms in total. The average Bonchev–Trinajstić information content (AvgIpc) is 2.65. The number of carbonyl (C=O) groups is 2. The van der Waals surface area contributed by atoms with E-state index in [9.17, 15) is 9.59 Å². The number of fused-ring (bicyclic) bond motifs is 2. The van der Waals surface area contributed by atoms with Gasteiger partial charge in [0, 0.05) is 23.3 Å². The minimum Gasteiger partial charge on any atom is -0.497 e. The Balaban J connectivity index is 1.79. The normalized spacial score (nSPS) is 20.5. The second-order valence-corrected chi connectivity index (χ2v) is 5.83. The highest BCUT2D eigenvalue weighted by Gasteiger charge is 2.38. The van der Waals surface area contributed by atoms with Gasteiger partial charge in [0.2, 0.25) is 0 Å². The van der Waals surface area contributed by atoms with Crippen molar-refractivity contribution in [1.29, 1.82) is 0 Å². The zero-order valence-corrected chi connectivity index (χ0v) is 14.1. The van der Waals surface area contributed by atoms with Crippen LogP contribution in [0.4, 0.5) is 9.59 Å². The monoisotopic (exact) mass is 356 g/mol. The van der Waals surface area contributed by atoms with Crippen molar-refractivity contribution in [3.05, 3.63) is 47.5 Å². The van der Waals surface area contributed by atoms with E-state index in [0.29, 0.717) is 23.0 Å². The molecule has 0 spiro atoms. The van der Waals surface area contributed by atoms with Crippen molar-refractivity contribution in [2.24, 2.45) is 0 Å². The topological polar surface area (TPSA) is 95.1 Å². The summed E-state index contributed by atoms with van der Waals surface area (Å²) in [6.07, 6.45) is -1.21. The van der Waals surface area contributed by atoms with E-state index >= 15 is 0 Å². The standard InChI is InChI=1S/C18H16N2O6/c1-23-9-3-5-11-13(7-9)25-17(21)19-15(11)16-12-6-4-10(24-2)8-14(12)26-18(22)20-16/h3-8,15-16H,1-2H3,(H,19,21)(H,20,22)/t15-,16+. The van der Waals surface area contributed by atoms with Gasteiger partial charge in [0.05, 0.1) is 26.3 Å². The first-order chi connectivity index (χ1) is 12.6. The summed E-state index contributed by atoms with van der Waals surface area (Å²) >= 11 is 0. The SMILES string of the molecule is COc1ccc2c(c1)OC(=O)N[C@H]2[C@H]1NC(=O)Oc2cc(OC)ccc21. The van der Waals surface area contributed by atoms with Crippen molar-refractivity contribution in [2.45, 2.75) is 12.1 Å². The predicted octanol–water partition coefficient (Wildman–Crippen LogP) is 2.69. The van der Waals surface area contributed by atoms with E-state index in [0.717, 1.165) is 11.1 Å². The largest absolute Gasteiger partial charge is 0.497 e. The molecule has 0 saturated carbocycles. The van der Waals surface area contributed by atoms with Crippen LogP contribution in [-0.4, -0.2) is 26.4 Å². The molecule has 0 aliphatic carbocycles. The van der Waals surface area contributed by atoms with E-state index in [1.807, 2.05) is 0 Å². The van der Waals surface area contributed by atoms with Crippen LogP contribution in [0, 0.1) is 0 Å². The van der Waals surface area contributed by atoms with Crippen molar-refractivity contribution in [3.63, 3.8) is 0 Å². The minimum absolute atomic E-state index is 0.383. The summed E-state index contributed by atoms with van der Waals surface area (Å²) in [5.41, 5.74) is 1.44. The molecule has 2 aliphatic heterocycles. The Morgan fingerprint density at radius 2 is 1.19 bits per heavy atom. The number of hydrogen-bond acceptors (Lipinski definition) is 6. The van der Waals surface area contributed by atoms with Gasteiger partial charge in [-0.05, 0) is 24.3 Å². The van der Waals surface area contributed by atoms with Gasteiger partial charge in [-0.2, -0.15) is 0 Å². The first-order valence-corrected chi connectivity index (χ1v) is 7.91. The van der Waals surface area contributed by atoms with Gasteiger partial charge in [-0.15, -0.1) is 0 Å². The van der Waals surface area contributed by atoms with Gasteiger partial charge in [0.15, 0.2) is 0 Å². The summed E-state index contributed by atoms with van der Waals surface area (Å²) in [6, 6.07) is 9.33. The molecule has 0 aromatic heterocycles. The van der Waals surface area contributed by atoms with Crippen molar-refractivity contribution in [1.82, 2.24) is 10.6 Å². The van der Waals surface area contributed by atoms with Crippen molar-refractivity contribution >= 4 is 12.2 Å². The van der Waals surface area contributed by atoms with Gasteiger partial charge in [0.25, 0.3) is 0 Å². The van der Waals surface area contributed by atoms with Gasteiger partial charge in [0.1, 0.15) is 23.0 Å². The number of rotatable bonds is 3. The Morgan fingerprint density at radius 3 is 1.58 bits per heavy atom. The van der Waals surface area contributed by atoms with Crippen LogP contribution in [0.15, 0.2) is 36.4 Å². The minimum atomic E-state index is -0.605. The summed E-state index contributed by atoms with van der Waals surface area (Å²) < 4.78 is 20.9. The maximum Gasteiger partial charge on any atom is 0.413 e. The van der Waals surface area contributed by atoms with Crippen molar-refractivity contribution in [3.8, 4) is 23.0 Å². The molecule has 134 valence electrons. The Kier molecular flexibility index (Phi) is 3.80. The van der Waals surface area contributed by atoms with Gasteiger partial charge in [-0.1, -0.05) is 0 Å². The first-order valence-electron chi connectivity index (χ1n) is 7.91. The Bertz CT molecular complexity index is 824. The third kappa shape index (κ3) is 2.65. The highest BCUT2D eigenvalue weighted by Crippen LogP contribution is 2.43. The third-order valence-corrected chi connectivity index (χ3v) is 4.40. The van der Waals surface area contributed by atoms with Crippen molar-refractivity contribution < 1.29 is 28.5 Å². The molecular formula is C18H16N2O6. The lowest BCUT2D eigenvalue weighted by atomic mass is 9.90. The fourth-order valence-electron chi connectivity index (χ4n) is 3.17. The van der Waals surface area contributed by atoms with Gasteiger partial charge >= 0.3 is 12.2 Å². The lowest BCUT2D eigenvalue weighted by Gasteiger charge is -2.35. The molecule has 0 radical (unpaired) electrons. The van der Waals surface area contributed by atoms with E-state index < -0.39 is 24.3 Å². The van der Waals surface area contributed by atoms with Crippen LogP contribution in [0.2, 0.25) is 0 Å². The molecule has 4 rings (SSSR count). The second kappa shape index (κ2) is 6.14. The number of hydrogen-bond donors (Lipinski definition) is 2. The number of ether oxygens (including phenoxy) is 4. The molecule has 2 aliphatic rings. The quantitative estimate of drug-likeness (QED) is 0.878. The molecule has 2 N–H and O–H groups in total. The molecule has 2 heterocycles. The third-order valence-electron chi connectivity index (χ3n) is 4.40. The summed E-state index contributed by atoms with van der Waals surface area (Å²) in [5.74, 6) is 1.90. The molecule has 8 heteroatoms. The smallest absolute Gasteiger partial charge is 0.413 e. The van der Waals surface area contributed by atoms with E-state index in [-0.39, 0.29) is 0 Å². The van der Waals surface area contributed by atoms with Crippen molar-refractivity contribution in [2.75, 3.05) is 14.2 Å². The average molecular weight is 356 g/mol. The molecule has 2 aromatic carbocycles. The predicted molar refractivity (Wildman–Crippen MR) is 89.8 cm³/mol. The number of carbonyl (C=O) groups excluding carboxylic acids is 2. The number of methoxy groups -OCH3 is 2. The van der Waals surface area contributed by atoms with Crippen LogP contribution in [0.3, 0.4) is 0 Å². The lowest BCUT2D eigenvalue weighted by Crippen LogP contribution is -2.47. The molecule has 0 bridgehead atoms. The van der Waals surface area contributed by atoms with E-state index in [2.05, 4.69) is 10.6 Å². The van der Waals surface area contributed by atoms with Crippen LogP contribution in [0.25, 0.3) is 0 Å². The van der Waals surface area contributed by atoms with Crippen LogP contribution in [-0.2, 0) is 0 Å². The Morgan fingerprint density at radius 1 is 0.769 bits per heavy atom. The van der Waals surface area contributed by atoms with Crippen LogP contribution < -0.4 is 29.6 Å². The molecular weight excluding hydrogens is 340 g/mol. The summed E-state index contributed by atoms with van der Waals surface area (Å²) in [7, 11) is 3.06. The summed E-state index contributed by atoms with van der Waals surface area (Å²) in [6.45, 7) is 0. The maximum absolute atomic E-state index is 12.0. The molecule has 2 atom stereocenters. The molecule has 2 aromatic rings. The molecule has 0 fully saturated rings. The molecule has 26 heavy (non-hydrogen) atoms. The zero-order chi connectivity index (χ0) is 18.3. The zero-order valence-electron chi connectivity index (χ0n) is 14.1. The van der Waals surface area contributed by atoms with Gasteiger partial charge in [-0.25, -0.2) is 9.59 Å². The number of benzene rings is 2. The van der Waals surface area contributed by atoms with Crippen LogP contribution in [0.1, 0.15) is 23.2 Å². The Hall–Kier alpha value is -3.42. The molecule has 0 saturated heterocycles. The van der Waals surface area contributed by atoms with Gasteiger partial charge in [-0.3, -0.25) is 0 Å². The van der Waals surface area contributed by atoms with Crippen LogP contribution >= 0.6 is 0 Å². The molecule has 2 amide bonds. The second-order valence-electron chi connectivity index (χ2n) is 5.83. The molecule has 0 unspecified atom stereocenters. The lowest BCUT2D eigenvalue weighted by molar-refractivity contribution is 0.167. The van der Waals surface area contributed by atoms with E-state index in [4.69, 9.17) is 18.9 Å². The summed E-state index contributed by atoms with van der Waals surface area (Å²) in [4.78, 5) is 24.1. The number of nitrogens with one attached hydrogen (secondary N) is 2. The Labute approximate surface area is 149 Å². The van der Waals surface area contributed by atoms with Gasteiger partial charge < -0.3 is 29.6 Å². The number of amides is 2. The summed E-state index contributed by atoms with van der Waals surface area (Å²) in [5, 5.41) is 5.53. The fraction of sp³-hybridized carbons (Fsp3) is 0.222. The highest BCUT2D eigenvalue weighted by molar-refractivity contribution is 5.78. The van der Waals surface area contributed by atoms with E-state index in [1.165, 1.54) is 14.2 Å².